The number of nitrogens with two attached hydrogens (primary N) is 1. The first kappa shape index (κ1) is 14.0. The van der Waals surface area contributed by atoms with Gasteiger partial charge in [-0.3, -0.25) is 4.90 Å². The Morgan fingerprint density at radius 3 is 2.95 bits per heavy atom. The smallest absolute Gasteiger partial charge is 0.127 e. The van der Waals surface area contributed by atoms with E-state index in [4.69, 9.17) is 5.73 Å². The van der Waals surface area contributed by atoms with E-state index < -0.39 is 0 Å². The number of nitrogen functional groups attached to an aromatic ring is 1. The molecule has 0 aliphatic carbocycles. The van der Waals surface area contributed by atoms with Crippen LogP contribution < -0.4 is 5.73 Å². The van der Waals surface area contributed by atoms with Crippen molar-refractivity contribution < 1.29 is 4.39 Å². The molecule has 1 fully saturated rings. The van der Waals surface area contributed by atoms with Crippen molar-refractivity contribution in [2.75, 3.05) is 12.3 Å². The number of hydrogen-bond acceptors (Lipinski definition) is 3. The molecule has 1 atom stereocenters. The van der Waals surface area contributed by atoms with Gasteiger partial charge in [0, 0.05) is 24.3 Å². The number of likely N-dealkylation sites (tertiary alicyclic amines) is 1. The Kier molecular flexibility index (Phi) is 4.15. The third-order valence-corrected chi connectivity index (χ3v) is 4.15. The van der Waals surface area contributed by atoms with E-state index in [1.54, 1.807) is 18.3 Å². The predicted molar refractivity (Wildman–Crippen MR) is 82.1 cm³/mol. The molecule has 0 spiro atoms. The summed E-state index contributed by atoms with van der Waals surface area (Å²) in [5.74, 6) is 0.417. The minimum Gasteiger partial charge on any atom is -0.383 e. The van der Waals surface area contributed by atoms with Crippen LogP contribution in [0.1, 0.15) is 36.4 Å². The van der Waals surface area contributed by atoms with Crippen LogP contribution in [0.4, 0.5) is 10.2 Å². The van der Waals surface area contributed by atoms with Gasteiger partial charge < -0.3 is 5.73 Å². The number of benzene rings is 1. The number of halogens is 1. The Hall–Kier alpha value is -1.94. The lowest BCUT2D eigenvalue weighted by Gasteiger charge is -2.36. The van der Waals surface area contributed by atoms with Crippen LogP contribution in [0, 0.1) is 5.82 Å². The Balaban J connectivity index is 1.83. The molecular formula is C17H20FN3. The first-order valence-electron chi connectivity index (χ1n) is 7.43. The van der Waals surface area contributed by atoms with E-state index in [2.05, 4.69) is 9.88 Å². The third-order valence-electron chi connectivity index (χ3n) is 4.15. The average Bonchev–Trinajstić information content (AvgIpc) is 2.50. The molecule has 2 N–H and O–H groups in total. The molecule has 0 radical (unpaired) electrons. The Morgan fingerprint density at radius 2 is 2.14 bits per heavy atom. The van der Waals surface area contributed by atoms with Gasteiger partial charge in [0.25, 0.3) is 0 Å². The lowest BCUT2D eigenvalue weighted by Crippen LogP contribution is -2.33. The fourth-order valence-electron chi connectivity index (χ4n) is 3.07. The van der Waals surface area contributed by atoms with E-state index in [1.807, 2.05) is 18.2 Å². The highest BCUT2D eigenvalue weighted by Gasteiger charge is 2.24. The largest absolute Gasteiger partial charge is 0.383 e. The van der Waals surface area contributed by atoms with Crippen molar-refractivity contribution in [1.82, 2.24) is 9.88 Å². The maximum atomic E-state index is 13.5. The zero-order valence-electron chi connectivity index (χ0n) is 12.0. The maximum Gasteiger partial charge on any atom is 0.127 e. The van der Waals surface area contributed by atoms with Crippen molar-refractivity contribution in [3.8, 4) is 0 Å². The van der Waals surface area contributed by atoms with Gasteiger partial charge in [0.05, 0.1) is 0 Å². The molecule has 1 saturated heterocycles. The summed E-state index contributed by atoms with van der Waals surface area (Å²) in [4.78, 5) is 6.53. The zero-order chi connectivity index (χ0) is 14.7. The lowest BCUT2D eigenvalue weighted by molar-refractivity contribution is 0.140. The molecule has 0 bridgehead atoms. The van der Waals surface area contributed by atoms with Gasteiger partial charge in [0.15, 0.2) is 0 Å². The van der Waals surface area contributed by atoms with Crippen molar-refractivity contribution in [1.29, 1.82) is 0 Å². The van der Waals surface area contributed by atoms with Crippen LogP contribution in [-0.2, 0) is 6.54 Å². The van der Waals surface area contributed by atoms with Crippen LogP contribution in [0.25, 0.3) is 0 Å². The predicted octanol–water partition coefficient (Wildman–Crippen LogP) is 3.53. The highest BCUT2D eigenvalue weighted by atomic mass is 19.1. The summed E-state index contributed by atoms with van der Waals surface area (Å²) in [6.07, 6.45) is 5.12. The number of nitrogens with zero attached hydrogens (tertiary/aromatic N) is 2. The maximum absolute atomic E-state index is 13.5. The van der Waals surface area contributed by atoms with Gasteiger partial charge in [0.1, 0.15) is 11.6 Å². The molecule has 2 heterocycles. The fourth-order valence-corrected chi connectivity index (χ4v) is 3.07. The van der Waals surface area contributed by atoms with Crippen LogP contribution in [0.15, 0.2) is 42.6 Å². The van der Waals surface area contributed by atoms with Crippen LogP contribution >= 0.6 is 0 Å². The van der Waals surface area contributed by atoms with Crippen molar-refractivity contribution >= 4 is 5.82 Å². The molecule has 0 amide bonds. The molecule has 4 heteroatoms. The van der Waals surface area contributed by atoms with Gasteiger partial charge in [-0.25, -0.2) is 9.37 Å². The minimum absolute atomic E-state index is 0.168. The topological polar surface area (TPSA) is 42.1 Å². The number of rotatable bonds is 3. The Morgan fingerprint density at radius 1 is 1.24 bits per heavy atom. The highest BCUT2D eigenvalue weighted by molar-refractivity contribution is 5.38. The first-order chi connectivity index (χ1) is 10.2. The van der Waals surface area contributed by atoms with Crippen LogP contribution in [0.2, 0.25) is 0 Å². The molecule has 1 aliphatic heterocycles. The van der Waals surface area contributed by atoms with E-state index in [9.17, 15) is 4.39 Å². The van der Waals surface area contributed by atoms with Crippen LogP contribution in [0.5, 0.6) is 0 Å². The van der Waals surface area contributed by atoms with E-state index in [0.717, 1.165) is 30.6 Å². The van der Waals surface area contributed by atoms with Crippen LogP contribution in [-0.4, -0.2) is 16.4 Å². The quantitative estimate of drug-likeness (QED) is 0.938. The first-order valence-corrected chi connectivity index (χ1v) is 7.43. The van der Waals surface area contributed by atoms with Crippen LogP contribution in [0.3, 0.4) is 0 Å². The fraction of sp³-hybridized carbons (Fsp3) is 0.353. The molecule has 0 unspecified atom stereocenters. The molecule has 0 saturated carbocycles. The third kappa shape index (κ3) is 3.22. The van der Waals surface area contributed by atoms with Crippen molar-refractivity contribution in [2.45, 2.75) is 31.8 Å². The SMILES string of the molecule is Nc1ncccc1CN1CCCC[C@@H]1c1cccc(F)c1. The summed E-state index contributed by atoms with van der Waals surface area (Å²) in [7, 11) is 0. The molecule has 3 rings (SSSR count). The van der Waals surface area contributed by atoms with E-state index in [1.165, 1.54) is 18.9 Å². The monoisotopic (exact) mass is 285 g/mol. The number of hydrogen-bond donors (Lipinski definition) is 1. The van der Waals surface area contributed by atoms with E-state index in [0.29, 0.717) is 5.82 Å². The number of piperidine rings is 1. The minimum atomic E-state index is -0.168. The molecule has 1 aromatic carbocycles. The van der Waals surface area contributed by atoms with E-state index >= 15 is 0 Å². The Bertz CT molecular complexity index is 614. The summed E-state index contributed by atoms with van der Waals surface area (Å²) >= 11 is 0. The number of anilines is 1. The summed E-state index contributed by atoms with van der Waals surface area (Å²) in [6, 6.07) is 11.1. The molecule has 2 aromatic rings. The van der Waals surface area contributed by atoms with E-state index in [-0.39, 0.29) is 11.9 Å². The summed E-state index contributed by atoms with van der Waals surface area (Å²) in [5.41, 5.74) is 8.04. The standard InChI is InChI=1S/C17H20FN3/c18-15-7-3-5-13(11-15)16-8-1-2-10-21(16)12-14-6-4-9-20-17(14)19/h3-7,9,11,16H,1-2,8,10,12H2,(H2,19,20)/t16-/m1/s1. The van der Waals surface area contributed by atoms with Gasteiger partial charge in [-0.2, -0.15) is 0 Å². The van der Waals surface area contributed by atoms with Gasteiger partial charge >= 0.3 is 0 Å². The molecule has 21 heavy (non-hydrogen) atoms. The van der Waals surface area contributed by atoms with Gasteiger partial charge in [0.2, 0.25) is 0 Å². The normalized spacial score (nSPS) is 19.6. The molecule has 110 valence electrons. The molecule has 1 aromatic heterocycles. The summed E-state index contributed by atoms with van der Waals surface area (Å²) in [5, 5.41) is 0. The number of pyridine rings is 1. The number of aromatic nitrogens is 1. The van der Waals surface area contributed by atoms with Gasteiger partial charge in [-0.15, -0.1) is 0 Å². The van der Waals surface area contributed by atoms with Crippen molar-refractivity contribution in [2.24, 2.45) is 0 Å². The Labute approximate surface area is 124 Å². The van der Waals surface area contributed by atoms with Crippen molar-refractivity contribution in [3.63, 3.8) is 0 Å². The second kappa shape index (κ2) is 6.22. The zero-order valence-corrected chi connectivity index (χ0v) is 12.0. The summed E-state index contributed by atoms with van der Waals surface area (Å²) in [6.45, 7) is 1.77. The lowest BCUT2D eigenvalue weighted by atomic mass is 9.94. The summed E-state index contributed by atoms with van der Waals surface area (Å²) < 4.78 is 13.5. The second-order valence-electron chi connectivity index (χ2n) is 5.58. The molecular weight excluding hydrogens is 265 g/mol. The van der Waals surface area contributed by atoms with Crippen molar-refractivity contribution in [3.05, 3.63) is 59.5 Å². The molecule has 3 nitrogen and oxygen atoms in total. The van der Waals surface area contributed by atoms with Gasteiger partial charge in [-0.1, -0.05) is 24.6 Å². The highest BCUT2D eigenvalue weighted by Crippen LogP contribution is 2.32. The second-order valence-corrected chi connectivity index (χ2v) is 5.58. The average molecular weight is 285 g/mol. The van der Waals surface area contributed by atoms with Gasteiger partial charge in [-0.05, 0) is 43.1 Å². The molecule has 1 aliphatic rings.